The van der Waals surface area contributed by atoms with Gasteiger partial charge < -0.3 is 5.73 Å². The summed E-state index contributed by atoms with van der Waals surface area (Å²) in [7, 11) is 0. The molecule has 1 aromatic carbocycles. The van der Waals surface area contributed by atoms with Crippen molar-refractivity contribution < 1.29 is 0 Å². The van der Waals surface area contributed by atoms with Crippen LogP contribution < -0.4 is 11.3 Å². The Labute approximate surface area is 115 Å². The molecule has 0 amide bonds. The molecule has 0 radical (unpaired) electrons. The van der Waals surface area contributed by atoms with E-state index in [0.717, 1.165) is 16.6 Å². The minimum atomic E-state index is -0.0983. The van der Waals surface area contributed by atoms with Gasteiger partial charge in [-0.25, -0.2) is 4.98 Å². The highest BCUT2D eigenvalue weighted by Gasteiger charge is 2.09. The number of anilines is 1. The maximum absolute atomic E-state index is 12.1. The molecule has 0 aliphatic heterocycles. The van der Waals surface area contributed by atoms with E-state index in [9.17, 15) is 4.79 Å². The lowest BCUT2D eigenvalue weighted by Gasteiger charge is -2.10. The molecule has 0 saturated carbocycles. The summed E-state index contributed by atoms with van der Waals surface area (Å²) >= 11 is 0. The zero-order valence-corrected chi connectivity index (χ0v) is 11.1. The van der Waals surface area contributed by atoms with Gasteiger partial charge in [-0.05, 0) is 18.6 Å². The van der Waals surface area contributed by atoms with Crippen LogP contribution in [0.1, 0.15) is 11.3 Å². The molecule has 2 N–H and O–H groups in total. The molecule has 0 spiro atoms. The molecule has 0 fully saturated rings. The fraction of sp³-hybridized carbons (Fsp3) is 0.133. The van der Waals surface area contributed by atoms with E-state index in [1.807, 2.05) is 37.3 Å². The van der Waals surface area contributed by atoms with Crippen molar-refractivity contribution in [2.24, 2.45) is 0 Å². The summed E-state index contributed by atoms with van der Waals surface area (Å²) in [5.74, 6) is 0.183. The van der Waals surface area contributed by atoms with E-state index in [1.165, 1.54) is 6.07 Å². The summed E-state index contributed by atoms with van der Waals surface area (Å²) in [5.41, 5.74) is 7.99. The van der Waals surface area contributed by atoms with Gasteiger partial charge in [-0.3, -0.25) is 9.36 Å². The zero-order chi connectivity index (χ0) is 14.1. The van der Waals surface area contributed by atoms with E-state index in [2.05, 4.69) is 9.97 Å². The number of hydrogen-bond donors (Lipinski definition) is 1. The van der Waals surface area contributed by atoms with E-state index in [1.54, 1.807) is 10.6 Å². The first-order chi connectivity index (χ1) is 9.65. The van der Waals surface area contributed by atoms with Gasteiger partial charge in [0.2, 0.25) is 5.95 Å². The second-order valence-electron chi connectivity index (χ2n) is 4.65. The van der Waals surface area contributed by atoms with Gasteiger partial charge >= 0.3 is 0 Å². The topological polar surface area (TPSA) is 73.8 Å². The number of nitrogens with zero attached hydrogens (tertiary/aromatic N) is 3. The molecule has 0 saturated heterocycles. The lowest BCUT2D eigenvalue weighted by molar-refractivity contribution is 0.781. The number of rotatable bonds is 2. The van der Waals surface area contributed by atoms with Crippen LogP contribution in [-0.2, 0) is 6.54 Å². The lowest BCUT2D eigenvalue weighted by atomic mass is 10.2. The predicted octanol–water partition coefficient (Wildman–Crippen LogP) is 1.73. The van der Waals surface area contributed by atoms with Gasteiger partial charge in [-0.2, -0.15) is 4.98 Å². The number of hydrogen-bond acceptors (Lipinski definition) is 4. The van der Waals surface area contributed by atoms with Crippen molar-refractivity contribution in [1.29, 1.82) is 0 Å². The third-order valence-electron chi connectivity index (χ3n) is 3.23. The van der Waals surface area contributed by atoms with Crippen molar-refractivity contribution in [3.05, 3.63) is 64.1 Å². The Balaban J connectivity index is 2.24. The summed E-state index contributed by atoms with van der Waals surface area (Å²) in [6.45, 7) is 2.32. The maximum atomic E-state index is 12.1. The summed E-state index contributed by atoms with van der Waals surface area (Å²) < 4.78 is 1.62. The van der Waals surface area contributed by atoms with Crippen LogP contribution in [0.15, 0.2) is 47.3 Å². The van der Waals surface area contributed by atoms with Crippen LogP contribution in [0.4, 0.5) is 5.95 Å². The smallest absolute Gasteiger partial charge is 0.252 e. The van der Waals surface area contributed by atoms with Crippen molar-refractivity contribution in [2.45, 2.75) is 13.5 Å². The molecule has 0 aliphatic rings. The predicted molar refractivity (Wildman–Crippen MR) is 78.5 cm³/mol. The Morgan fingerprint density at radius 3 is 2.60 bits per heavy atom. The van der Waals surface area contributed by atoms with Crippen LogP contribution in [0.5, 0.6) is 0 Å². The Kier molecular flexibility index (Phi) is 2.95. The lowest BCUT2D eigenvalue weighted by Crippen LogP contribution is -2.21. The number of benzene rings is 1. The average molecular weight is 266 g/mol. The van der Waals surface area contributed by atoms with Gasteiger partial charge in [0.25, 0.3) is 5.56 Å². The molecule has 5 nitrogen and oxygen atoms in total. The second kappa shape index (κ2) is 4.77. The van der Waals surface area contributed by atoms with Gasteiger partial charge in [-0.1, -0.05) is 30.3 Å². The standard InChI is InChI=1S/C15H14N4O/c1-10-12-7-8-13(20)19(14(12)18-15(16)17-10)9-11-5-3-2-4-6-11/h2-8H,9H2,1H3,(H2,16,17,18). The molecule has 3 rings (SSSR count). The minimum absolute atomic E-state index is 0.0983. The molecule has 2 heterocycles. The van der Waals surface area contributed by atoms with E-state index in [0.29, 0.717) is 12.2 Å². The van der Waals surface area contributed by atoms with Crippen LogP contribution in [0.2, 0.25) is 0 Å². The summed E-state index contributed by atoms with van der Waals surface area (Å²) in [4.78, 5) is 20.5. The molecule has 0 atom stereocenters. The first kappa shape index (κ1) is 12.3. The van der Waals surface area contributed by atoms with Crippen LogP contribution in [-0.4, -0.2) is 14.5 Å². The molecule has 100 valence electrons. The monoisotopic (exact) mass is 266 g/mol. The van der Waals surface area contributed by atoms with E-state index in [-0.39, 0.29) is 11.5 Å². The van der Waals surface area contributed by atoms with Crippen molar-refractivity contribution in [1.82, 2.24) is 14.5 Å². The summed E-state index contributed by atoms with van der Waals surface area (Å²) in [5, 5.41) is 0.842. The molecule has 20 heavy (non-hydrogen) atoms. The normalized spacial score (nSPS) is 10.8. The third-order valence-corrected chi connectivity index (χ3v) is 3.23. The first-order valence-electron chi connectivity index (χ1n) is 6.33. The zero-order valence-electron chi connectivity index (χ0n) is 11.1. The quantitative estimate of drug-likeness (QED) is 0.766. The van der Waals surface area contributed by atoms with E-state index < -0.39 is 0 Å². The Morgan fingerprint density at radius 2 is 1.85 bits per heavy atom. The van der Waals surface area contributed by atoms with E-state index >= 15 is 0 Å². The van der Waals surface area contributed by atoms with Gasteiger partial charge in [0.15, 0.2) is 0 Å². The summed E-state index contributed by atoms with van der Waals surface area (Å²) in [6.07, 6.45) is 0. The number of pyridine rings is 1. The average Bonchev–Trinajstić information content (AvgIpc) is 2.43. The van der Waals surface area contributed by atoms with Crippen LogP contribution in [0, 0.1) is 6.92 Å². The second-order valence-corrected chi connectivity index (χ2v) is 4.65. The molecule has 5 heteroatoms. The Bertz CT molecular complexity index is 824. The highest BCUT2D eigenvalue weighted by molar-refractivity contribution is 5.78. The third kappa shape index (κ3) is 2.14. The minimum Gasteiger partial charge on any atom is -0.368 e. The molecule has 0 bridgehead atoms. The molecular weight excluding hydrogens is 252 g/mol. The van der Waals surface area contributed by atoms with Gasteiger partial charge in [0.05, 0.1) is 12.2 Å². The Morgan fingerprint density at radius 1 is 1.10 bits per heavy atom. The van der Waals surface area contributed by atoms with Crippen LogP contribution in [0.25, 0.3) is 11.0 Å². The molecular formula is C15H14N4O. The molecule has 0 aliphatic carbocycles. The van der Waals surface area contributed by atoms with Gasteiger partial charge in [0.1, 0.15) is 5.65 Å². The molecule has 2 aromatic heterocycles. The van der Waals surface area contributed by atoms with Crippen molar-refractivity contribution in [3.8, 4) is 0 Å². The van der Waals surface area contributed by atoms with Gasteiger partial charge in [0, 0.05) is 11.5 Å². The Hall–Kier alpha value is -2.69. The van der Waals surface area contributed by atoms with Crippen molar-refractivity contribution >= 4 is 17.0 Å². The van der Waals surface area contributed by atoms with E-state index in [4.69, 9.17) is 5.73 Å². The maximum Gasteiger partial charge on any atom is 0.252 e. The van der Waals surface area contributed by atoms with Gasteiger partial charge in [-0.15, -0.1) is 0 Å². The highest BCUT2D eigenvalue weighted by atomic mass is 16.1. The van der Waals surface area contributed by atoms with Crippen LogP contribution >= 0.6 is 0 Å². The number of aryl methyl sites for hydroxylation is 1. The van der Waals surface area contributed by atoms with Crippen LogP contribution in [0.3, 0.4) is 0 Å². The van der Waals surface area contributed by atoms with Crippen molar-refractivity contribution in [2.75, 3.05) is 5.73 Å². The number of fused-ring (bicyclic) bond motifs is 1. The number of nitrogens with two attached hydrogens (primary N) is 1. The number of aromatic nitrogens is 3. The molecule has 0 unspecified atom stereocenters. The highest BCUT2D eigenvalue weighted by Crippen LogP contribution is 2.15. The summed E-state index contributed by atoms with van der Waals surface area (Å²) in [6, 6.07) is 13.1. The SMILES string of the molecule is Cc1nc(N)nc2c1ccc(=O)n2Cc1ccccc1. The fourth-order valence-electron chi connectivity index (χ4n) is 2.26. The molecule has 3 aromatic rings. The largest absolute Gasteiger partial charge is 0.368 e. The van der Waals surface area contributed by atoms with Crippen molar-refractivity contribution in [3.63, 3.8) is 0 Å². The first-order valence-corrected chi connectivity index (χ1v) is 6.33. The fourth-order valence-corrected chi connectivity index (χ4v) is 2.26. The number of nitrogen functional groups attached to an aromatic ring is 1.